The molecule has 0 aliphatic carbocycles. The Morgan fingerprint density at radius 2 is 2.25 bits per heavy atom. The van der Waals surface area contributed by atoms with E-state index in [0.29, 0.717) is 0 Å². The maximum absolute atomic E-state index is 11.6. The van der Waals surface area contributed by atoms with Crippen LogP contribution < -0.4 is 5.56 Å². The average molecular weight is 221 g/mol. The lowest BCUT2D eigenvalue weighted by atomic mass is 10.2. The van der Waals surface area contributed by atoms with Crippen molar-refractivity contribution >= 4 is 16.7 Å². The fourth-order valence-corrected chi connectivity index (χ4v) is 1.50. The molecule has 0 saturated carbocycles. The van der Waals surface area contributed by atoms with E-state index in [1.54, 1.807) is 0 Å². The number of fused-ring (bicyclic) bond motifs is 1. The van der Waals surface area contributed by atoms with Crippen molar-refractivity contribution in [3.8, 4) is 5.75 Å². The molecule has 0 unspecified atom stereocenters. The predicted molar refractivity (Wildman–Crippen MR) is 55.3 cm³/mol. The zero-order valence-electron chi connectivity index (χ0n) is 8.25. The van der Waals surface area contributed by atoms with E-state index < -0.39 is 21.9 Å². The Morgan fingerprint density at radius 3 is 2.88 bits per heavy atom. The van der Waals surface area contributed by atoms with Gasteiger partial charge in [0.2, 0.25) is 5.75 Å². The first-order valence-electron chi connectivity index (χ1n) is 4.35. The van der Waals surface area contributed by atoms with Crippen molar-refractivity contribution in [3.05, 3.63) is 38.8 Å². The van der Waals surface area contributed by atoms with E-state index in [1.165, 1.54) is 25.4 Å². The van der Waals surface area contributed by atoms with Gasteiger partial charge in [0, 0.05) is 13.2 Å². The second-order valence-corrected chi connectivity index (χ2v) is 3.19. The van der Waals surface area contributed by atoms with E-state index in [1.807, 2.05) is 0 Å². The summed E-state index contributed by atoms with van der Waals surface area (Å²) in [6, 6.07) is 2.99. The molecule has 0 fully saturated rings. The first kappa shape index (κ1) is 10.1. The summed E-state index contributed by atoms with van der Waals surface area (Å²) in [6.07, 6.45) is 1.44. The van der Waals surface area contributed by atoms with E-state index in [2.05, 4.69) is 4.98 Å². The Balaban J connectivity index is 3.07. The lowest BCUT2D eigenvalue weighted by Crippen LogP contribution is -2.20. The third-order valence-corrected chi connectivity index (χ3v) is 2.27. The summed E-state index contributed by atoms with van der Waals surface area (Å²) < 4.78 is 1.03. The number of nitro groups is 1. The van der Waals surface area contributed by atoms with Gasteiger partial charge in [-0.1, -0.05) is 0 Å². The summed E-state index contributed by atoms with van der Waals surface area (Å²) in [6.45, 7) is 0. The lowest BCUT2D eigenvalue weighted by molar-refractivity contribution is -0.387. The predicted octanol–water partition coefficient (Wildman–Crippen LogP) is 0.547. The average Bonchev–Trinajstić information content (AvgIpc) is 2.26. The molecule has 0 radical (unpaired) electrons. The van der Waals surface area contributed by atoms with Crippen molar-refractivity contribution in [1.82, 2.24) is 9.55 Å². The standard InChI is InChI=1S/C9H7N3O4/c1-11-8-5(3-2-4-10-8)7(13)6(9(11)14)12(15)16/h2-4,13H,1H3. The molecule has 2 rings (SSSR count). The summed E-state index contributed by atoms with van der Waals surface area (Å²) in [5.74, 6) is -0.642. The van der Waals surface area contributed by atoms with Gasteiger partial charge in [-0.15, -0.1) is 0 Å². The smallest absolute Gasteiger partial charge is 0.375 e. The minimum atomic E-state index is -0.899. The van der Waals surface area contributed by atoms with E-state index in [9.17, 15) is 20.0 Å². The van der Waals surface area contributed by atoms with Crippen LogP contribution in [0.5, 0.6) is 5.75 Å². The van der Waals surface area contributed by atoms with Crippen molar-refractivity contribution in [1.29, 1.82) is 0 Å². The molecular formula is C9H7N3O4. The highest BCUT2D eigenvalue weighted by Gasteiger charge is 2.24. The monoisotopic (exact) mass is 221 g/mol. The van der Waals surface area contributed by atoms with Gasteiger partial charge in [-0.25, -0.2) is 4.98 Å². The fourth-order valence-electron chi connectivity index (χ4n) is 1.50. The van der Waals surface area contributed by atoms with Crippen LogP contribution in [-0.4, -0.2) is 19.6 Å². The molecule has 0 saturated heterocycles. The van der Waals surface area contributed by atoms with Crippen molar-refractivity contribution in [3.63, 3.8) is 0 Å². The van der Waals surface area contributed by atoms with Gasteiger partial charge in [0.1, 0.15) is 5.65 Å². The van der Waals surface area contributed by atoms with Crippen LogP contribution >= 0.6 is 0 Å². The van der Waals surface area contributed by atoms with E-state index in [-0.39, 0.29) is 11.0 Å². The summed E-state index contributed by atoms with van der Waals surface area (Å²) in [5, 5.41) is 20.5. The Morgan fingerprint density at radius 1 is 1.56 bits per heavy atom. The molecule has 1 N–H and O–H groups in total. The second-order valence-electron chi connectivity index (χ2n) is 3.19. The molecule has 0 aromatic carbocycles. The van der Waals surface area contributed by atoms with Crippen LogP contribution in [0.1, 0.15) is 0 Å². The maximum atomic E-state index is 11.6. The molecule has 0 spiro atoms. The third-order valence-electron chi connectivity index (χ3n) is 2.27. The maximum Gasteiger partial charge on any atom is 0.375 e. The molecule has 0 bridgehead atoms. The number of hydrogen-bond acceptors (Lipinski definition) is 5. The molecule has 2 aromatic heterocycles. The van der Waals surface area contributed by atoms with Crippen LogP contribution in [0, 0.1) is 10.1 Å². The molecule has 7 nitrogen and oxygen atoms in total. The summed E-state index contributed by atoms with van der Waals surface area (Å²) in [5.41, 5.74) is -1.51. The van der Waals surface area contributed by atoms with Crippen LogP contribution in [0.4, 0.5) is 5.69 Å². The Labute approximate surface area is 88.7 Å². The summed E-state index contributed by atoms with van der Waals surface area (Å²) in [4.78, 5) is 25.2. The van der Waals surface area contributed by atoms with E-state index >= 15 is 0 Å². The highest BCUT2D eigenvalue weighted by Crippen LogP contribution is 2.29. The Hall–Kier alpha value is -2.44. The molecule has 2 aromatic rings. The minimum absolute atomic E-state index is 0.177. The zero-order valence-corrected chi connectivity index (χ0v) is 8.25. The Kier molecular flexibility index (Phi) is 2.08. The molecule has 2 heterocycles. The largest absolute Gasteiger partial charge is 0.501 e. The van der Waals surface area contributed by atoms with Crippen LogP contribution in [0.2, 0.25) is 0 Å². The highest BCUT2D eigenvalue weighted by atomic mass is 16.6. The van der Waals surface area contributed by atoms with Crippen molar-refractivity contribution in [2.45, 2.75) is 0 Å². The van der Waals surface area contributed by atoms with Gasteiger partial charge in [0.05, 0.1) is 10.3 Å². The molecule has 16 heavy (non-hydrogen) atoms. The molecule has 7 heteroatoms. The van der Waals surface area contributed by atoms with Crippen LogP contribution in [-0.2, 0) is 7.05 Å². The Bertz CT molecular complexity index is 647. The van der Waals surface area contributed by atoms with Crippen LogP contribution in [0.3, 0.4) is 0 Å². The quantitative estimate of drug-likeness (QED) is 0.560. The first-order valence-corrected chi connectivity index (χ1v) is 4.35. The van der Waals surface area contributed by atoms with Crippen molar-refractivity contribution in [2.24, 2.45) is 7.05 Å². The molecule has 0 aliphatic heterocycles. The first-order chi connectivity index (χ1) is 7.54. The summed E-state index contributed by atoms with van der Waals surface area (Å²) >= 11 is 0. The van der Waals surface area contributed by atoms with Crippen molar-refractivity contribution in [2.75, 3.05) is 0 Å². The second kappa shape index (κ2) is 3.30. The normalized spacial score (nSPS) is 10.6. The van der Waals surface area contributed by atoms with Crippen LogP contribution in [0.25, 0.3) is 11.0 Å². The van der Waals surface area contributed by atoms with Crippen molar-refractivity contribution < 1.29 is 10.0 Å². The molecular weight excluding hydrogens is 214 g/mol. The minimum Gasteiger partial charge on any atom is -0.501 e. The van der Waals surface area contributed by atoms with Gasteiger partial charge in [-0.05, 0) is 12.1 Å². The van der Waals surface area contributed by atoms with Gasteiger partial charge in [-0.3, -0.25) is 19.5 Å². The topological polar surface area (TPSA) is 98.3 Å². The van der Waals surface area contributed by atoms with Gasteiger partial charge in [0.25, 0.3) is 0 Å². The van der Waals surface area contributed by atoms with Crippen LogP contribution in [0.15, 0.2) is 23.1 Å². The van der Waals surface area contributed by atoms with E-state index in [4.69, 9.17) is 0 Å². The molecule has 82 valence electrons. The molecule has 0 atom stereocenters. The number of hydrogen-bond donors (Lipinski definition) is 1. The van der Waals surface area contributed by atoms with Gasteiger partial charge in [0.15, 0.2) is 0 Å². The van der Waals surface area contributed by atoms with Gasteiger partial charge >= 0.3 is 11.2 Å². The number of rotatable bonds is 1. The number of nitrogens with zero attached hydrogens (tertiary/aromatic N) is 3. The number of aryl methyl sites for hydroxylation is 1. The summed E-state index contributed by atoms with van der Waals surface area (Å²) in [7, 11) is 1.37. The fraction of sp³-hybridized carbons (Fsp3) is 0.111. The number of pyridine rings is 2. The number of aromatic hydroxyl groups is 1. The number of aromatic nitrogens is 2. The zero-order chi connectivity index (χ0) is 11.9. The van der Waals surface area contributed by atoms with Gasteiger partial charge in [-0.2, -0.15) is 0 Å². The third kappa shape index (κ3) is 1.22. The lowest BCUT2D eigenvalue weighted by Gasteiger charge is -2.05. The van der Waals surface area contributed by atoms with Gasteiger partial charge < -0.3 is 5.11 Å². The molecule has 0 aliphatic rings. The SMILES string of the molecule is Cn1c(=O)c([N+](=O)[O-])c(O)c2cccnc21. The van der Waals surface area contributed by atoms with E-state index in [0.717, 1.165) is 4.57 Å². The molecule has 0 amide bonds. The highest BCUT2D eigenvalue weighted by molar-refractivity contribution is 5.85.